The van der Waals surface area contributed by atoms with Crippen LogP contribution >= 0.6 is 0 Å². The van der Waals surface area contributed by atoms with Gasteiger partial charge < -0.3 is 40.3 Å². The lowest BCUT2D eigenvalue weighted by atomic mass is 9.99. The quantitative estimate of drug-likeness (QED) is 0.0293. The molecule has 6 N–H and O–H groups in total. The van der Waals surface area contributed by atoms with Crippen molar-refractivity contribution in [3.8, 4) is 0 Å². The van der Waals surface area contributed by atoms with Crippen LogP contribution < -0.4 is 5.32 Å². The molecule has 1 rings (SSSR count). The van der Waals surface area contributed by atoms with Gasteiger partial charge >= 0.3 is 0 Å². The van der Waals surface area contributed by atoms with E-state index in [0.717, 1.165) is 38.5 Å². The minimum Gasteiger partial charge on any atom is -0.394 e. The molecule has 0 unspecified atom stereocenters. The van der Waals surface area contributed by atoms with E-state index in [-0.39, 0.29) is 12.5 Å². The first kappa shape index (κ1) is 47.0. The zero-order chi connectivity index (χ0) is 36.7. The smallest absolute Gasteiger partial charge is 0.220 e. The molecule has 1 fully saturated rings. The number of aliphatic hydroxyl groups excluding tert-OH is 5. The lowest BCUT2D eigenvalue weighted by Gasteiger charge is -2.40. The molecule has 1 saturated heterocycles. The Bertz CT molecular complexity index is 797. The molecule has 7 atom stereocenters. The number of hydrogen-bond acceptors (Lipinski definition) is 8. The number of allylic oxidation sites excluding steroid dienone is 1. The average molecular weight is 714 g/mol. The second-order valence-electron chi connectivity index (χ2n) is 14.8. The molecule has 0 bridgehead atoms. The van der Waals surface area contributed by atoms with Gasteiger partial charge in [-0.05, 0) is 19.3 Å². The van der Waals surface area contributed by atoms with Gasteiger partial charge in [0.15, 0.2) is 6.29 Å². The first-order valence-electron chi connectivity index (χ1n) is 20.9. The van der Waals surface area contributed by atoms with Crippen molar-refractivity contribution in [1.82, 2.24) is 5.32 Å². The van der Waals surface area contributed by atoms with E-state index >= 15 is 0 Å². The van der Waals surface area contributed by atoms with Crippen LogP contribution in [0.3, 0.4) is 0 Å². The normalized spacial score (nSPS) is 22.3. The monoisotopic (exact) mass is 714 g/mol. The molecule has 1 amide bonds. The van der Waals surface area contributed by atoms with Crippen molar-refractivity contribution < 1.29 is 39.8 Å². The molecule has 1 aliphatic rings. The van der Waals surface area contributed by atoms with Crippen LogP contribution in [0.1, 0.15) is 187 Å². The number of hydrogen-bond donors (Lipinski definition) is 6. The third-order valence-electron chi connectivity index (χ3n) is 10.1. The number of carbonyl (C=O) groups excluding carboxylic acids is 1. The largest absolute Gasteiger partial charge is 0.394 e. The van der Waals surface area contributed by atoms with E-state index < -0.39 is 49.5 Å². The molecule has 0 spiro atoms. The highest BCUT2D eigenvalue weighted by atomic mass is 16.7. The SMILES string of the molecule is CCCCCCCCCCCCC/C=C/[C@H](O)[C@@H](CO[C@@H]1O[C@H](CO)[C@@H](O)[C@H](O)[C@H]1O)NC(=O)CCCCCCCCCCCCCCCC. The van der Waals surface area contributed by atoms with Gasteiger partial charge in [-0.2, -0.15) is 0 Å². The van der Waals surface area contributed by atoms with Gasteiger partial charge in [0.05, 0.1) is 25.4 Å². The summed E-state index contributed by atoms with van der Waals surface area (Å²) in [6.07, 6.45) is 28.2. The lowest BCUT2D eigenvalue weighted by molar-refractivity contribution is -0.302. The number of ether oxygens (including phenoxy) is 2. The summed E-state index contributed by atoms with van der Waals surface area (Å²) in [7, 11) is 0. The van der Waals surface area contributed by atoms with Gasteiger partial charge in [0.25, 0.3) is 0 Å². The van der Waals surface area contributed by atoms with E-state index in [0.29, 0.717) is 6.42 Å². The zero-order valence-corrected chi connectivity index (χ0v) is 32.2. The van der Waals surface area contributed by atoms with Crippen molar-refractivity contribution in [3.63, 3.8) is 0 Å². The van der Waals surface area contributed by atoms with Crippen LogP contribution in [0.4, 0.5) is 0 Å². The maximum absolute atomic E-state index is 12.9. The van der Waals surface area contributed by atoms with Crippen LogP contribution in [0, 0.1) is 0 Å². The maximum Gasteiger partial charge on any atom is 0.220 e. The van der Waals surface area contributed by atoms with Gasteiger partial charge in [-0.25, -0.2) is 0 Å². The van der Waals surface area contributed by atoms with Crippen molar-refractivity contribution in [1.29, 1.82) is 0 Å². The summed E-state index contributed by atoms with van der Waals surface area (Å²) in [5.41, 5.74) is 0. The van der Waals surface area contributed by atoms with Crippen LogP contribution in [0.5, 0.6) is 0 Å². The molecule has 0 radical (unpaired) electrons. The molecule has 0 aromatic carbocycles. The highest BCUT2D eigenvalue weighted by molar-refractivity contribution is 5.76. The molecule has 9 nitrogen and oxygen atoms in total. The zero-order valence-electron chi connectivity index (χ0n) is 32.2. The Morgan fingerprint density at radius 2 is 1.10 bits per heavy atom. The highest BCUT2D eigenvalue weighted by Gasteiger charge is 2.44. The molecule has 0 saturated carbocycles. The Morgan fingerprint density at radius 1 is 0.660 bits per heavy atom. The van der Waals surface area contributed by atoms with E-state index in [9.17, 15) is 30.3 Å². The Labute approximate surface area is 306 Å². The molecule has 0 aromatic rings. The fraction of sp³-hybridized carbons (Fsp3) is 0.927. The van der Waals surface area contributed by atoms with E-state index in [1.54, 1.807) is 6.08 Å². The summed E-state index contributed by atoms with van der Waals surface area (Å²) in [6.45, 7) is 3.76. The van der Waals surface area contributed by atoms with Crippen molar-refractivity contribution >= 4 is 5.91 Å². The van der Waals surface area contributed by atoms with Crippen LogP contribution in [0.25, 0.3) is 0 Å². The van der Waals surface area contributed by atoms with Crippen LogP contribution in [-0.2, 0) is 14.3 Å². The number of rotatable bonds is 34. The third-order valence-corrected chi connectivity index (χ3v) is 10.1. The highest BCUT2D eigenvalue weighted by Crippen LogP contribution is 2.22. The number of nitrogens with one attached hydrogen (secondary N) is 1. The Balaban J connectivity index is 2.41. The molecule has 0 aliphatic carbocycles. The second kappa shape index (κ2) is 32.6. The third kappa shape index (κ3) is 23.5. The van der Waals surface area contributed by atoms with Crippen LogP contribution in [0.15, 0.2) is 12.2 Å². The Kier molecular flexibility index (Phi) is 30.6. The fourth-order valence-electron chi connectivity index (χ4n) is 6.68. The minimum absolute atomic E-state index is 0.177. The number of aliphatic hydroxyl groups is 5. The first-order valence-corrected chi connectivity index (χ1v) is 20.9. The predicted molar refractivity (Wildman–Crippen MR) is 203 cm³/mol. The second-order valence-corrected chi connectivity index (χ2v) is 14.8. The Hall–Kier alpha value is -1.07. The van der Waals surface area contributed by atoms with Gasteiger partial charge in [-0.1, -0.05) is 174 Å². The summed E-state index contributed by atoms with van der Waals surface area (Å²) in [6, 6.07) is -0.796. The van der Waals surface area contributed by atoms with Crippen molar-refractivity contribution in [2.45, 2.75) is 230 Å². The van der Waals surface area contributed by atoms with Crippen molar-refractivity contribution in [3.05, 3.63) is 12.2 Å². The lowest BCUT2D eigenvalue weighted by Crippen LogP contribution is -2.60. The van der Waals surface area contributed by atoms with Gasteiger partial charge in [0.2, 0.25) is 5.91 Å². The first-order chi connectivity index (χ1) is 24.3. The topological polar surface area (TPSA) is 149 Å². The molecule has 0 aromatic heterocycles. The summed E-state index contributed by atoms with van der Waals surface area (Å²) in [5.74, 6) is -0.177. The molecular formula is C41H79NO8. The van der Waals surface area contributed by atoms with E-state index in [1.165, 1.54) is 128 Å². The Morgan fingerprint density at radius 3 is 1.56 bits per heavy atom. The van der Waals surface area contributed by atoms with E-state index in [2.05, 4.69) is 19.2 Å². The van der Waals surface area contributed by atoms with Gasteiger partial charge in [0, 0.05) is 6.42 Å². The van der Waals surface area contributed by atoms with Gasteiger partial charge in [0.1, 0.15) is 24.4 Å². The average Bonchev–Trinajstić information content (AvgIpc) is 3.11. The van der Waals surface area contributed by atoms with Crippen LogP contribution in [0.2, 0.25) is 0 Å². The molecule has 50 heavy (non-hydrogen) atoms. The standard InChI is InChI=1S/C41H79NO8/c1-3-5-7-9-11-13-15-17-19-21-23-25-27-29-31-37(45)42-34(33-49-41-40(48)39(47)38(46)36(32-43)50-41)35(44)30-28-26-24-22-20-18-16-14-12-10-8-6-4-2/h28,30,34-36,38-41,43-44,46-48H,3-27,29,31-33H2,1-2H3,(H,42,45)/b30-28+/t34-,35+,36-,38-,39+,40-,41-/m1/s1. The summed E-state index contributed by atoms with van der Waals surface area (Å²) in [4.78, 5) is 12.9. The van der Waals surface area contributed by atoms with Gasteiger partial charge in [-0.15, -0.1) is 0 Å². The minimum atomic E-state index is -1.56. The number of amides is 1. The fourth-order valence-corrected chi connectivity index (χ4v) is 6.68. The molecule has 296 valence electrons. The molecule has 9 heteroatoms. The molecule has 1 heterocycles. The number of unbranched alkanes of at least 4 members (excludes halogenated alkanes) is 24. The van der Waals surface area contributed by atoms with E-state index in [1.807, 2.05) is 6.08 Å². The number of carbonyl (C=O) groups is 1. The summed E-state index contributed by atoms with van der Waals surface area (Å²) in [5, 5.41) is 54.0. The summed E-state index contributed by atoms with van der Waals surface area (Å²) < 4.78 is 11.2. The molecule has 1 aliphatic heterocycles. The van der Waals surface area contributed by atoms with Crippen molar-refractivity contribution in [2.75, 3.05) is 13.2 Å². The van der Waals surface area contributed by atoms with E-state index in [4.69, 9.17) is 9.47 Å². The van der Waals surface area contributed by atoms with Gasteiger partial charge in [-0.3, -0.25) is 4.79 Å². The summed E-state index contributed by atoms with van der Waals surface area (Å²) >= 11 is 0. The predicted octanol–water partition coefficient (Wildman–Crippen LogP) is 7.78. The maximum atomic E-state index is 12.9. The van der Waals surface area contributed by atoms with Crippen LogP contribution in [-0.4, -0.2) is 87.5 Å². The van der Waals surface area contributed by atoms with Crippen molar-refractivity contribution in [2.24, 2.45) is 0 Å². The molecular weight excluding hydrogens is 634 g/mol.